The number of benzene rings is 1. The Morgan fingerprint density at radius 3 is 2.64 bits per heavy atom. The van der Waals surface area contributed by atoms with Crippen molar-refractivity contribution in [2.24, 2.45) is 0 Å². The molecule has 1 fully saturated rings. The number of hydrogen-bond acceptors (Lipinski definition) is 4. The van der Waals surface area contributed by atoms with Crippen molar-refractivity contribution in [3.05, 3.63) is 30.3 Å². The minimum absolute atomic E-state index is 0.0689. The first kappa shape index (κ1) is 16.3. The van der Waals surface area contributed by atoms with Crippen LogP contribution in [0, 0.1) is 0 Å². The van der Waals surface area contributed by atoms with Gasteiger partial charge in [-0.3, -0.25) is 9.59 Å². The summed E-state index contributed by atoms with van der Waals surface area (Å²) in [6.45, 7) is 4.25. The molecule has 120 valence electrons. The van der Waals surface area contributed by atoms with Gasteiger partial charge in [-0.1, -0.05) is 18.2 Å². The van der Waals surface area contributed by atoms with Gasteiger partial charge in [0.05, 0.1) is 26.2 Å². The molecule has 2 amide bonds. The summed E-state index contributed by atoms with van der Waals surface area (Å²) in [5, 5.41) is 2.71. The largest absolute Gasteiger partial charge is 0.493 e. The summed E-state index contributed by atoms with van der Waals surface area (Å²) >= 11 is 0. The fraction of sp³-hybridized carbons (Fsp3) is 0.500. The predicted molar refractivity (Wildman–Crippen MR) is 81.6 cm³/mol. The molecule has 2 rings (SSSR count). The van der Waals surface area contributed by atoms with Gasteiger partial charge in [0.2, 0.25) is 11.8 Å². The fourth-order valence-electron chi connectivity index (χ4n) is 2.21. The molecule has 1 heterocycles. The van der Waals surface area contributed by atoms with E-state index in [2.05, 4.69) is 5.32 Å². The van der Waals surface area contributed by atoms with Crippen LogP contribution in [0.1, 0.15) is 13.3 Å². The number of amides is 2. The third-order valence-electron chi connectivity index (χ3n) is 3.41. The molecule has 0 unspecified atom stereocenters. The summed E-state index contributed by atoms with van der Waals surface area (Å²) in [5.74, 6) is 0.471. The first-order chi connectivity index (χ1) is 10.7. The van der Waals surface area contributed by atoms with Crippen molar-refractivity contribution in [3.8, 4) is 5.75 Å². The lowest BCUT2D eigenvalue weighted by Crippen LogP contribution is -2.50. The van der Waals surface area contributed by atoms with Crippen LogP contribution in [0.2, 0.25) is 0 Å². The van der Waals surface area contributed by atoms with Crippen molar-refractivity contribution in [2.75, 3.05) is 32.9 Å². The number of ether oxygens (including phenoxy) is 2. The molecule has 22 heavy (non-hydrogen) atoms. The van der Waals surface area contributed by atoms with Crippen LogP contribution in [0.4, 0.5) is 0 Å². The van der Waals surface area contributed by atoms with Crippen molar-refractivity contribution < 1.29 is 19.1 Å². The van der Waals surface area contributed by atoms with E-state index in [0.717, 1.165) is 5.75 Å². The number of carbonyl (C=O) groups excluding carboxylic acids is 2. The van der Waals surface area contributed by atoms with Crippen LogP contribution in [0.5, 0.6) is 5.75 Å². The zero-order valence-electron chi connectivity index (χ0n) is 12.8. The lowest BCUT2D eigenvalue weighted by Gasteiger charge is -2.29. The second kappa shape index (κ2) is 8.38. The van der Waals surface area contributed by atoms with Gasteiger partial charge in [0, 0.05) is 13.1 Å². The van der Waals surface area contributed by atoms with E-state index >= 15 is 0 Å². The van der Waals surface area contributed by atoms with Crippen LogP contribution in [0.25, 0.3) is 0 Å². The number of para-hydroxylation sites is 1. The van der Waals surface area contributed by atoms with Gasteiger partial charge in [-0.15, -0.1) is 0 Å². The van der Waals surface area contributed by atoms with Gasteiger partial charge in [-0.05, 0) is 19.1 Å². The van der Waals surface area contributed by atoms with Gasteiger partial charge < -0.3 is 19.7 Å². The summed E-state index contributed by atoms with van der Waals surface area (Å²) in [7, 11) is 0. The Morgan fingerprint density at radius 1 is 1.27 bits per heavy atom. The smallest absolute Gasteiger partial charge is 0.245 e. The molecule has 1 aliphatic heterocycles. The summed E-state index contributed by atoms with van der Waals surface area (Å²) < 4.78 is 10.7. The zero-order valence-corrected chi connectivity index (χ0v) is 12.8. The van der Waals surface area contributed by atoms with E-state index in [0.29, 0.717) is 26.3 Å². The molecule has 1 aromatic carbocycles. The summed E-state index contributed by atoms with van der Waals surface area (Å²) in [5.41, 5.74) is 0. The van der Waals surface area contributed by atoms with Gasteiger partial charge >= 0.3 is 0 Å². The second-order valence-electron chi connectivity index (χ2n) is 5.14. The monoisotopic (exact) mass is 306 g/mol. The topological polar surface area (TPSA) is 67.9 Å². The van der Waals surface area contributed by atoms with E-state index in [9.17, 15) is 9.59 Å². The maximum atomic E-state index is 12.2. The first-order valence-electron chi connectivity index (χ1n) is 7.50. The number of morpholine rings is 1. The predicted octanol–water partition coefficient (Wildman–Crippen LogP) is 0.819. The van der Waals surface area contributed by atoms with Gasteiger partial charge in [0.25, 0.3) is 0 Å². The van der Waals surface area contributed by atoms with Crippen LogP contribution in [-0.2, 0) is 14.3 Å². The SMILES string of the molecule is C[C@H](NC(=O)CCOc1ccccc1)C(=O)N1CCOCC1. The van der Waals surface area contributed by atoms with E-state index < -0.39 is 6.04 Å². The van der Waals surface area contributed by atoms with E-state index in [1.807, 2.05) is 30.3 Å². The van der Waals surface area contributed by atoms with Crippen LogP contribution >= 0.6 is 0 Å². The third-order valence-corrected chi connectivity index (χ3v) is 3.41. The van der Waals surface area contributed by atoms with Gasteiger partial charge in [0.1, 0.15) is 11.8 Å². The molecule has 0 aliphatic carbocycles. The third kappa shape index (κ3) is 5.04. The number of carbonyl (C=O) groups is 2. The average Bonchev–Trinajstić information content (AvgIpc) is 2.56. The number of nitrogens with zero attached hydrogens (tertiary/aromatic N) is 1. The molecule has 6 heteroatoms. The van der Waals surface area contributed by atoms with E-state index in [4.69, 9.17) is 9.47 Å². The van der Waals surface area contributed by atoms with E-state index in [1.54, 1.807) is 11.8 Å². The zero-order chi connectivity index (χ0) is 15.8. The molecule has 0 saturated carbocycles. The average molecular weight is 306 g/mol. The molecule has 6 nitrogen and oxygen atoms in total. The number of hydrogen-bond donors (Lipinski definition) is 1. The van der Waals surface area contributed by atoms with Crippen LogP contribution in [0.15, 0.2) is 30.3 Å². The standard InChI is InChI=1S/C16H22N2O4/c1-13(16(20)18-8-11-21-12-9-18)17-15(19)7-10-22-14-5-3-2-4-6-14/h2-6,13H,7-12H2,1H3,(H,17,19)/t13-/m0/s1. The molecule has 1 saturated heterocycles. The Kier molecular flexibility index (Phi) is 6.21. The Morgan fingerprint density at radius 2 is 1.95 bits per heavy atom. The fourth-order valence-corrected chi connectivity index (χ4v) is 2.21. The van der Waals surface area contributed by atoms with E-state index in [1.165, 1.54) is 0 Å². The maximum Gasteiger partial charge on any atom is 0.245 e. The highest BCUT2D eigenvalue weighted by atomic mass is 16.5. The van der Waals surface area contributed by atoms with E-state index in [-0.39, 0.29) is 24.8 Å². The molecule has 0 aromatic heterocycles. The number of nitrogens with one attached hydrogen (secondary N) is 1. The molecule has 1 atom stereocenters. The van der Waals surface area contributed by atoms with Gasteiger partial charge in [-0.25, -0.2) is 0 Å². The Balaban J connectivity index is 1.68. The van der Waals surface area contributed by atoms with Crippen LogP contribution in [-0.4, -0.2) is 55.7 Å². The van der Waals surface area contributed by atoms with Gasteiger partial charge in [0.15, 0.2) is 0 Å². The van der Waals surface area contributed by atoms with Crippen LogP contribution < -0.4 is 10.1 Å². The molecule has 1 aliphatic rings. The van der Waals surface area contributed by atoms with Crippen molar-refractivity contribution in [1.29, 1.82) is 0 Å². The molecule has 0 radical (unpaired) electrons. The highest BCUT2D eigenvalue weighted by Crippen LogP contribution is 2.08. The molecule has 0 spiro atoms. The highest BCUT2D eigenvalue weighted by molar-refractivity contribution is 5.87. The Bertz CT molecular complexity index is 486. The highest BCUT2D eigenvalue weighted by Gasteiger charge is 2.23. The minimum atomic E-state index is -0.526. The molecule has 0 bridgehead atoms. The Labute approximate surface area is 130 Å². The quantitative estimate of drug-likeness (QED) is 0.845. The summed E-state index contributed by atoms with van der Waals surface area (Å²) in [6.07, 6.45) is 0.218. The first-order valence-corrected chi connectivity index (χ1v) is 7.50. The van der Waals surface area contributed by atoms with Crippen molar-refractivity contribution in [1.82, 2.24) is 10.2 Å². The molecule has 1 aromatic rings. The van der Waals surface area contributed by atoms with Gasteiger partial charge in [-0.2, -0.15) is 0 Å². The maximum absolute atomic E-state index is 12.2. The lowest BCUT2D eigenvalue weighted by molar-refractivity contribution is -0.139. The van der Waals surface area contributed by atoms with Crippen molar-refractivity contribution in [3.63, 3.8) is 0 Å². The van der Waals surface area contributed by atoms with Crippen LogP contribution in [0.3, 0.4) is 0 Å². The lowest BCUT2D eigenvalue weighted by atomic mass is 10.2. The van der Waals surface area contributed by atoms with Crippen molar-refractivity contribution >= 4 is 11.8 Å². The van der Waals surface area contributed by atoms with Crippen molar-refractivity contribution in [2.45, 2.75) is 19.4 Å². The molecule has 1 N–H and O–H groups in total. The molecular formula is C16H22N2O4. The second-order valence-corrected chi connectivity index (χ2v) is 5.14. The number of rotatable bonds is 6. The summed E-state index contributed by atoms with van der Waals surface area (Å²) in [6, 6.07) is 8.79. The Hall–Kier alpha value is -2.08. The normalized spacial score (nSPS) is 16.0. The molecular weight excluding hydrogens is 284 g/mol. The minimum Gasteiger partial charge on any atom is -0.493 e. The summed E-state index contributed by atoms with van der Waals surface area (Å²) in [4.78, 5) is 25.7.